The van der Waals surface area contributed by atoms with Gasteiger partial charge in [0.25, 0.3) is 5.91 Å². The molecule has 3 aromatic rings. The molecule has 1 aliphatic rings. The Kier molecular flexibility index (Phi) is 7.54. The van der Waals surface area contributed by atoms with Crippen LogP contribution in [0.2, 0.25) is 0 Å². The molecule has 1 unspecified atom stereocenters. The lowest BCUT2D eigenvalue weighted by molar-refractivity contribution is 0.0937. The van der Waals surface area contributed by atoms with Gasteiger partial charge in [-0.1, -0.05) is 61.5 Å². The summed E-state index contributed by atoms with van der Waals surface area (Å²) in [5.41, 5.74) is 4.40. The Morgan fingerprint density at radius 2 is 1.62 bits per heavy atom. The Labute approximate surface area is 196 Å². The van der Waals surface area contributed by atoms with Crippen molar-refractivity contribution in [3.05, 3.63) is 95.6 Å². The Bertz CT molecular complexity index is 1010. The topological polar surface area (TPSA) is 32.3 Å². The first kappa shape index (κ1) is 22.5. The van der Waals surface area contributed by atoms with Gasteiger partial charge in [-0.15, -0.1) is 11.8 Å². The van der Waals surface area contributed by atoms with E-state index in [9.17, 15) is 4.79 Å². The summed E-state index contributed by atoms with van der Waals surface area (Å²) >= 11 is 1.70. The number of amides is 1. The van der Waals surface area contributed by atoms with E-state index in [0.717, 1.165) is 40.8 Å². The predicted octanol–water partition coefficient (Wildman–Crippen LogP) is 6.71. The maximum absolute atomic E-state index is 13.1. The average Bonchev–Trinajstić information content (AvgIpc) is 2.84. The van der Waals surface area contributed by atoms with Crippen LogP contribution in [0.3, 0.4) is 0 Å². The molecule has 1 saturated heterocycles. The zero-order chi connectivity index (χ0) is 22.3. The molecule has 0 spiro atoms. The van der Waals surface area contributed by atoms with Gasteiger partial charge < -0.3 is 10.2 Å². The minimum Gasteiger partial charge on any atom is -0.372 e. The fourth-order valence-electron chi connectivity index (χ4n) is 4.11. The van der Waals surface area contributed by atoms with Crippen LogP contribution in [0.1, 0.15) is 54.2 Å². The summed E-state index contributed by atoms with van der Waals surface area (Å²) in [5.74, 6) is 1.65. The molecule has 3 aromatic carbocycles. The molecule has 1 heterocycles. The van der Waals surface area contributed by atoms with E-state index < -0.39 is 0 Å². The molecule has 1 atom stereocenters. The van der Waals surface area contributed by atoms with Crippen molar-refractivity contribution < 1.29 is 4.79 Å². The van der Waals surface area contributed by atoms with E-state index in [4.69, 9.17) is 0 Å². The first-order valence-electron chi connectivity index (χ1n) is 11.5. The van der Waals surface area contributed by atoms with Crippen LogP contribution in [0.4, 0.5) is 5.69 Å². The standard InChI is InChI=1S/C28H32N2OS/c1-21-16-18-30(19-17-21)25-14-12-24(13-15-25)22(2)29-28(31)26-10-6-7-11-27(26)32-20-23-8-4-3-5-9-23/h3-15,21-22H,16-20H2,1-2H3,(H,29,31). The third-order valence-corrected chi connectivity index (χ3v) is 7.40. The number of thioether (sulfide) groups is 1. The Hall–Kier alpha value is -2.72. The van der Waals surface area contributed by atoms with Gasteiger partial charge in [-0.25, -0.2) is 0 Å². The largest absolute Gasteiger partial charge is 0.372 e. The fraction of sp³-hybridized carbons (Fsp3) is 0.321. The zero-order valence-corrected chi connectivity index (χ0v) is 19.8. The maximum atomic E-state index is 13.1. The van der Waals surface area contributed by atoms with Crippen LogP contribution in [-0.2, 0) is 5.75 Å². The molecule has 4 rings (SSSR count). The molecular weight excluding hydrogens is 412 g/mol. The number of carbonyl (C=O) groups is 1. The first-order valence-corrected chi connectivity index (χ1v) is 12.5. The van der Waals surface area contributed by atoms with E-state index in [2.05, 4.69) is 60.5 Å². The molecule has 1 aliphatic heterocycles. The number of anilines is 1. The monoisotopic (exact) mass is 444 g/mol. The van der Waals surface area contributed by atoms with Gasteiger partial charge in [-0.2, -0.15) is 0 Å². The van der Waals surface area contributed by atoms with E-state index in [1.54, 1.807) is 11.8 Å². The van der Waals surface area contributed by atoms with E-state index in [0.29, 0.717) is 0 Å². The second-order valence-electron chi connectivity index (χ2n) is 8.73. The lowest BCUT2D eigenvalue weighted by Gasteiger charge is -2.32. The molecule has 0 bridgehead atoms. The third kappa shape index (κ3) is 5.74. The van der Waals surface area contributed by atoms with Crippen molar-refractivity contribution in [2.24, 2.45) is 5.92 Å². The fourth-order valence-corrected chi connectivity index (χ4v) is 5.12. The van der Waals surface area contributed by atoms with E-state index in [-0.39, 0.29) is 11.9 Å². The summed E-state index contributed by atoms with van der Waals surface area (Å²) in [4.78, 5) is 16.5. The van der Waals surface area contributed by atoms with Gasteiger partial charge in [0.1, 0.15) is 0 Å². The van der Waals surface area contributed by atoms with Crippen LogP contribution in [0.25, 0.3) is 0 Å². The van der Waals surface area contributed by atoms with Crippen LogP contribution in [0, 0.1) is 5.92 Å². The number of hydrogen-bond donors (Lipinski definition) is 1. The molecule has 4 heteroatoms. The van der Waals surface area contributed by atoms with Crippen LogP contribution >= 0.6 is 11.8 Å². The molecule has 0 aromatic heterocycles. The quantitative estimate of drug-likeness (QED) is 0.411. The van der Waals surface area contributed by atoms with Crippen molar-refractivity contribution in [1.82, 2.24) is 5.32 Å². The highest BCUT2D eigenvalue weighted by Gasteiger charge is 2.18. The van der Waals surface area contributed by atoms with Gasteiger partial charge in [0.15, 0.2) is 0 Å². The van der Waals surface area contributed by atoms with E-state index in [1.807, 2.05) is 42.5 Å². The highest BCUT2D eigenvalue weighted by molar-refractivity contribution is 7.98. The summed E-state index contributed by atoms with van der Waals surface area (Å²) in [6.07, 6.45) is 2.52. The van der Waals surface area contributed by atoms with Crippen LogP contribution in [0.15, 0.2) is 83.8 Å². The van der Waals surface area contributed by atoms with Crippen LogP contribution in [-0.4, -0.2) is 19.0 Å². The SMILES string of the molecule is CC1CCN(c2ccc(C(C)NC(=O)c3ccccc3SCc3ccccc3)cc2)CC1. The minimum atomic E-state index is -0.0508. The molecule has 0 saturated carbocycles. The lowest BCUT2D eigenvalue weighted by atomic mass is 9.98. The van der Waals surface area contributed by atoms with Gasteiger partial charge in [0.05, 0.1) is 11.6 Å². The highest BCUT2D eigenvalue weighted by Crippen LogP contribution is 2.28. The number of benzene rings is 3. The molecule has 0 aliphatic carbocycles. The number of hydrogen-bond acceptors (Lipinski definition) is 3. The Balaban J connectivity index is 1.38. The normalized spacial score (nSPS) is 15.4. The number of nitrogens with zero attached hydrogens (tertiary/aromatic N) is 1. The number of nitrogens with one attached hydrogen (secondary N) is 1. The predicted molar refractivity (Wildman–Crippen MR) is 135 cm³/mol. The molecular formula is C28H32N2OS. The molecule has 32 heavy (non-hydrogen) atoms. The Morgan fingerprint density at radius 1 is 0.969 bits per heavy atom. The zero-order valence-electron chi connectivity index (χ0n) is 19.0. The van der Waals surface area contributed by atoms with Crippen molar-refractivity contribution in [2.75, 3.05) is 18.0 Å². The van der Waals surface area contributed by atoms with Gasteiger partial charge in [-0.3, -0.25) is 4.79 Å². The van der Waals surface area contributed by atoms with Gasteiger partial charge in [0.2, 0.25) is 0 Å². The minimum absolute atomic E-state index is 0.0252. The van der Waals surface area contributed by atoms with E-state index in [1.165, 1.54) is 24.1 Å². The second kappa shape index (κ2) is 10.7. The Morgan fingerprint density at radius 3 is 2.34 bits per heavy atom. The van der Waals surface area contributed by atoms with Gasteiger partial charge >= 0.3 is 0 Å². The molecule has 1 fully saturated rings. The summed E-state index contributed by atoms with van der Waals surface area (Å²) in [6, 6.07) is 26.9. The lowest BCUT2D eigenvalue weighted by Crippen LogP contribution is -2.32. The molecule has 1 N–H and O–H groups in total. The summed E-state index contributed by atoms with van der Waals surface area (Å²) < 4.78 is 0. The van der Waals surface area contributed by atoms with E-state index >= 15 is 0 Å². The first-order chi connectivity index (χ1) is 15.6. The molecule has 166 valence electrons. The highest BCUT2D eigenvalue weighted by atomic mass is 32.2. The summed E-state index contributed by atoms with van der Waals surface area (Å²) in [5, 5.41) is 3.19. The third-order valence-electron chi connectivity index (χ3n) is 6.26. The molecule has 3 nitrogen and oxygen atoms in total. The van der Waals surface area contributed by atoms with Crippen LogP contribution < -0.4 is 10.2 Å². The summed E-state index contributed by atoms with van der Waals surface area (Å²) in [7, 11) is 0. The molecule has 0 radical (unpaired) electrons. The number of piperidine rings is 1. The second-order valence-corrected chi connectivity index (χ2v) is 9.74. The number of rotatable bonds is 7. The summed E-state index contributed by atoms with van der Waals surface area (Å²) in [6.45, 7) is 6.65. The van der Waals surface area contributed by atoms with Crippen molar-refractivity contribution >= 4 is 23.4 Å². The average molecular weight is 445 g/mol. The van der Waals surface area contributed by atoms with Crippen LogP contribution in [0.5, 0.6) is 0 Å². The van der Waals surface area contributed by atoms with Gasteiger partial charge in [-0.05, 0) is 61.1 Å². The maximum Gasteiger partial charge on any atom is 0.252 e. The molecule has 1 amide bonds. The van der Waals surface area contributed by atoms with Crippen molar-refractivity contribution in [3.63, 3.8) is 0 Å². The van der Waals surface area contributed by atoms with Gasteiger partial charge in [0, 0.05) is 29.4 Å². The van der Waals surface area contributed by atoms with Crippen molar-refractivity contribution in [2.45, 2.75) is 43.4 Å². The van der Waals surface area contributed by atoms with Crippen molar-refractivity contribution in [1.29, 1.82) is 0 Å². The van der Waals surface area contributed by atoms with Crippen molar-refractivity contribution in [3.8, 4) is 0 Å². The smallest absolute Gasteiger partial charge is 0.252 e. The number of carbonyl (C=O) groups excluding carboxylic acids is 1.